The van der Waals surface area contributed by atoms with Crippen LogP contribution in [0.3, 0.4) is 0 Å². The Bertz CT molecular complexity index is 344. The Morgan fingerprint density at radius 1 is 1.71 bits per heavy atom. The van der Waals surface area contributed by atoms with Crippen LogP contribution in [-0.4, -0.2) is 17.6 Å². The molecule has 14 heavy (non-hydrogen) atoms. The fraction of sp³-hybridized carbons (Fsp3) is 0.333. The second-order valence-electron chi connectivity index (χ2n) is 2.57. The molecule has 0 aromatic carbocycles. The number of pyridine rings is 1. The van der Waals surface area contributed by atoms with Crippen molar-refractivity contribution in [3.05, 3.63) is 27.5 Å². The molecule has 0 bridgehead atoms. The minimum atomic E-state index is -0.283. The maximum Gasteiger partial charge on any atom is 0.311 e. The average Bonchev–Trinajstić information content (AvgIpc) is 2.12. The summed E-state index contributed by atoms with van der Waals surface area (Å²) in [5.74, 6) is -0.283. The lowest BCUT2D eigenvalue weighted by molar-refractivity contribution is -0.142. The minimum absolute atomic E-state index is 0.170. The van der Waals surface area contributed by atoms with Crippen LogP contribution >= 0.6 is 27.5 Å². The zero-order valence-electron chi connectivity index (χ0n) is 7.59. The highest BCUT2D eigenvalue weighted by atomic mass is 79.9. The molecule has 1 rings (SSSR count). The summed E-state index contributed by atoms with van der Waals surface area (Å²) in [4.78, 5) is 15.1. The quantitative estimate of drug-likeness (QED) is 0.798. The van der Waals surface area contributed by atoms with Gasteiger partial charge in [0.25, 0.3) is 0 Å². The number of halogens is 2. The summed E-state index contributed by atoms with van der Waals surface area (Å²) < 4.78 is 5.52. The lowest BCUT2D eigenvalue weighted by Crippen LogP contribution is -2.08. The van der Waals surface area contributed by atoms with E-state index in [0.717, 1.165) is 4.47 Å². The molecule has 0 amide bonds. The van der Waals surface area contributed by atoms with Gasteiger partial charge < -0.3 is 4.74 Å². The molecule has 0 unspecified atom stereocenters. The molecular weight excluding hydrogens is 269 g/mol. The largest absolute Gasteiger partial charge is 0.466 e. The average molecular weight is 279 g/mol. The molecule has 0 saturated carbocycles. The van der Waals surface area contributed by atoms with Crippen LogP contribution in [0.5, 0.6) is 0 Å². The van der Waals surface area contributed by atoms with Crippen LogP contribution in [0, 0.1) is 0 Å². The van der Waals surface area contributed by atoms with Crippen molar-refractivity contribution < 1.29 is 9.53 Å². The third kappa shape index (κ3) is 3.27. The van der Waals surface area contributed by atoms with E-state index < -0.39 is 0 Å². The maximum atomic E-state index is 11.1. The lowest BCUT2D eigenvalue weighted by atomic mass is 10.3. The Labute approximate surface area is 95.6 Å². The van der Waals surface area contributed by atoms with Crippen LogP contribution in [0.1, 0.15) is 12.6 Å². The number of nitrogens with zero attached hydrogens (tertiary/aromatic N) is 1. The first-order valence-electron chi connectivity index (χ1n) is 4.09. The lowest BCUT2D eigenvalue weighted by Gasteiger charge is -2.02. The summed E-state index contributed by atoms with van der Waals surface area (Å²) in [6, 6.07) is 1.71. The summed E-state index contributed by atoms with van der Waals surface area (Å²) in [6.07, 6.45) is 1.67. The molecule has 0 saturated heterocycles. The Hall–Kier alpha value is -0.610. The number of hydrogen-bond donors (Lipinski definition) is 0. The molecular formula is C9H9BrClNO2. The van der Waals surface area contributed by atoms with E-state index in [1.54, 1.807) is 13.0 Å². The Morgan fingerprint density at radius 2 is 2.43 bits per heavy atom. The van der Waals surface area contributed by atoms with Crippen LogP contribution < -0.4 is 0 Å². The van der Waals surface area contributed by atoms with Crippen molar-refractivity contribution in [1.29, 1.82) is 0 Å². The van der Waals surface area contributed by atoms with Crippen molar-refractivity contribution >= 4 is 33.5 Å². The second-order valence-corrected chi connectivity index (χ2v) is 3.83. The minimum Gasteiger partial charge on any atom is -0.466 e. The maximum absolute atomic E-state index is 11.1. The van der Waals surface area contributed by atoms with Crippen molar-refractivity contribution in [3.8, 4) is 0 Å². The molecule has 76 valence electrons. The number of carbonyl (C=O) groups is 1. The Kier molecular flexibility index (Phi) is 4.35. The van der Waals surface area contributed by atoms with E-state index in [1.165, 1.54) is 6.20 Å². The van der Waals surface area contributed by atoms with Gasteiger partial charge >= 0.3 is 5.97 Å². The Balaban J connectivity index is 2.68. The molecule has 0 aliphatic heterocycles. The van der Waals surface area contributed by atoms with Gasteiger partial charge in [0.1, 0.15) is 0 Å². The summed E-state index contributed by atoms with van der Waals surface area (Å²) in [5.41, 5.74) is 0.639. The predicted octanol–water partition coefficient (Wildman–Crippen LogP) is 2.60. The first kappa shape index (κ1) is 11.5. The van der Waals surface area contributed by atoms with Gasteiger partial charge in [-0.3, -0.25) is 9.78 Å². The molecule has 1 heterocycles. The topological polar surface area (TPSA) is 39.2 Å². The number of hydrogen-bond acceptors (Lipinski definition) is 3. The molecule has 5 heteroatoms. The summed E-state index contributed by atoms with van der Waals surface area (Å²) >= 11 is 9.00. The van der Waals surface area contributed by atoms with Gasteiger partial charge in [-0.25, -0.2) is 0 Å². The van der Waals surface area contributed by atoms with Crippen molar-refractivity contribution in [2.24, 2.45) is 0 Å². The molecule has 0 aliphatic carbocycles. The van der Waals surface area contributed by atoms with Crippen molar-refractivity contribution in [3.63, 3.8) is 0 Å². The number of esters is 1. The first-order chi connectivity index (χ1) is 6.63. The molecule has 0 radical (unpaired) electrons. The molecule has 3 nitrogen and oxygen atoms in total. The molecule has 0 fully saturated rings. The van der Waals surface area contributed by atoms with Gasteiger partial charge in [0.2, 0.25) is 0 Å². The van der Waals surface area contributed by atoms with E-state index in [9.17, 15) is 4.79 Å². The van der Waals surface area contributed by atoms with E-state index in [2.05, 4.69) is 20.9 Å². The van der Waals surface area contributed by atoms with Gasteiger partial charge in [-0.15, -0.1) is 0 Å². The standard InChI is InChI=1S/C9H9BrClNO2/c1-2-14-9(13)4-6-3-7(10)8(11)5-12-6/h3,5H,2,4H2,1H3. The van der Waals surface area contributed by atoms with Crippen LogP contribution in [0.2, 0.25) is 5.02 Å². The van der Waals surface area contributed by atoms with Crippen molar-refractivity contribution in [1.82, 2.24) is 4.98 Å². The van der Waals surface area contributed by atoms with Crippen LogP contribution in [0.25, 0.3) is 0 Å². The summed E-state index contributed by atoms with van der Waals surface area (Å²) in [6.45, 7) is 2.15. The van der Waals surface area contributed by atoms with E-state index in [0.29, 0.717) is 17.3 Å². The molecule has 0 aliphatic rings. The summed E-state index contributed by atoms with van der Waals surface area (Å²) in [7, 11) is 0. The highest BCUT2D eigenvalue weighted by molar-refractivity contribution is 9.10. The monoisotopic (exact) mass is 277 g/mol. The van der Waals surface area contributed by atoms with E-state index in [1.807, 2.05) is 0 Å². The number of rotatable bonds is 3. The predicted molar refractivity (Wildman–Crippen MR) is 57.3 cm³/mol. The van der Waals surface area contributed by atoms with Gasteiger partial charge in [-0.05, 0) is 28.9 Å². The number of ether oxygens (including phenoxy) is 1. The van der Waals surface area contributed by atoms with Gasteiger partial charge in [0, 0.05) is 10.7 Å². The molecule has 0 atom stereocenters. The third-order valence-corrected chi connectivity index (χ3v) is 2.68. The fourth-order valence-electron chi connectivity index (χ4n) is 0.910. The SMILES string of the molecule is CCOC(=O)Cc1cc(Br)c(Cl)cn1. The molecule has 1 aromatic rings. The second kappa shape index (κ2) is 5.32. The fourth-order valence-corrected chi connectivity index (χ4v) is 1.38. The van der Waals surface area contributed by atoms with Crippen LogP contribution in [0.4, 0.5) is 0 Å². The van der Waals surface area contributed by atoms with E-state index in [4.69, 9.17) is 16.3 Å². The zero-order valence-corrected chi connectivity index (χ0v) is 9.93. The van der Waals surface area contributed by atoms with Crippen LogP contribution in [-0.2, 0) is 16.0 Å². The zero-order chi connectivity index (χ0) is 10.6. The first-order valence-corrected chi connectivity index (χ1v) is 5.26. The number of aromatic nitrogens is 1. The highest BCUT2D eigenvalue weighted by Gasteiger charge is 2.06. The van der Waals surface area contributed by atoms with E-state index >= 15 is 0 Å². The molecule has 0 N–H and O–H groups in total. The number of carbonyl (C=O) groups excluding carboxylic acids is 1. The van der Waals surface area contributed by atoms with E-state index in [-0.39, 0.29) is 12.4 Å². The van der Waals surface area contributed by atoms with Crippen molar-refractivity contribution in [2.75, 3.05) is 6.61 Å². The summed E-state index contributed by atoms with van der Waals surface area (Å²) in [5, 5.41) is 0.526. The van der Waals surface area contributed by atoms with Gasteiger partial charge in [0.15, 0.2) is 0 Å². The molecule has 1 aromatic heterocycles. The normalized spacial score (nSPS) is 9.93. The Morgan fingerprint density at radius 3 is 3.00 bits per heavy atom. The smallest absolute Gasteiger partial charge is 0.311 e. The van der Waals surface area contributed by atoms with Crippen molar-refractivity contribution in [2.45, 2.75) is 13.3 Å². The van der Waals surface area contributed by atoms with Gasteiger partial charge in [0.05, 0.1) is 23.7 Å². The van der Waals surface area contributed by atoms with Gasteiger partial charge in [-0.2, -0.15) is 0 Å². The molecule has 0 spiro atoms. The highest BCUT2D eigenvalue weighted by Crippen LogP contribution is 2.21. The van der Waals surface area contributed by atoms with Gasteiger partial charge in [-0.1, -0.05) is 11.6 Å². The third-order valence-electron chi connectivity index (χ3n) is 1.50. The van der Waals surface area contributed by atoms with Crippen LogP contribution in [0.15, 0.2) is 16.7 Å².